The van der Waals surface area contributed by atoms with Crippen molar-refractivity contribution >= 4 is 38.5 Å². The molecule has 3 rings (SSSR count). The van der Waals surface area contributed by atoms with E-state index in [1.54, 1.807) is 28.6 Å². The molecule has 0 atom stereocenters. The smallest absolute Gasteiger partial charge is 0.251 e. The van der Waals surface area contributed by atoms with E-state index >= 15 is 0 Å². The van der Waals surface area contributed by atoms with Gasteiger partial charge in [-0.1, -0.05) is 12.1 Å². The van der Waals surface area contributed by atoms with Gasteiger partial charge in [-0.15, -0.1) is 0 Å². The number of benzene rings is 2. The van der Waals surface area contributed by atoms with Gasteiger partial charge in [0.25, 0.3) is 5.91 Å². The van der Waals surface area contributed by atoms with Gasteiger partial charge in [0.15, 0.2) is 0 Å². The van der Waals surface area contributed by atoms with Crippen LogP contribution in [-0.2, 0) is 16.4 Å². The van der Waals surface area contributed by atoms with Crippen molar-refractivity contribution in [1.29, 1.82) is 0 Å². The predicted octanol–water partition coefficient (Wildman–Crippen LogP) is 3.05. The van der Waals surface area contributed by atoms with Crippen LogP contribution in [0, 0.1) is 3.57 Å². The summed E-state index contributed by atoms with van der Waals surface area (Å²) in [6.45, 7) is 1.71. The van der Waals surface area contributed by atoms with E-state index in [1.165, 1.54) is 0 Å². The molecule has 1 amide bonds. The minimum atomic E-state index is -3.37. The van der Waals surface area contributed by atoms with Gasteiger partial charge in [0.2, 0.25) is 10.0 Å². The Kier molecular flexibility index (Phi) is 6.31. The molecule has 1 aliphatic heterocycles. The molecule has 1 N–H and O–H groups in total. The molecule has 0 saturated carbocycles. The molecular formula is C19H21IN2O3S. The molecule has 2 aromatic rings. The maximum absolute atomic E-state index is 12.5. The van der Waals surface area contributed by atoms with Gasteiger partial charge < -0.3 is 5.32 Å². The van der Waals surface area contributed by atoms with Crippen LogP contribution in [0.5, 0.6) is 0 Å². The molecule has 1 aliphatic rings. The molecule has 1 saturated heterocycles. The lowest BCUT2D eigenvalue weighted by atomic mass is 10.1. The average molecular weight is 484 g/mol. The minimum absolute atomic E-state index is 0.102. The summed E-state index contributed by atoms with van der Waals surface area (Å²) < 4.78 is 27.6. The number of hydrogen-bond acceptors (Lipinski definition) is 3. The van der Waals surface area contributed by atoms with Crippen molar-refractivity contribution in [3.8, 4) is 0 Å². The van der Waals surface area contributed by atoms with Gasteiger partial charge in [-0.3, -0.25) is 4.79 Å². The summed E-state index contributed by atoms with van der Waals surface area (Å²) >= 11 is 2.20. The maximum Gasteiger partial charge on any atom is 0.251 e. The summed E-state index contributed by atoms with van der Waals surface area (Å²) in [6, 6.07) is 14.3. The fourth-order valence-electron chi connectivity index (χ4n) is 2.93. The number of halogens is 1. The number of rotatable bonds is 6. The Morgan fingerprint density at radius 1 is 1.00 bits per heavy atom. The first-order valence-electron chi connectivity index (χ1n) is 8.60. The summed E-state index contributed by atoms with van der Waals surface area (Å²) in [7, 11) is -3.37. The summed E-state index contributed by atoms with van der Waals surface area (Å²) in [5.74, 6) is -0.102. The van der Waals surface area contributed by atoms with Gasteiger partial charge in [-0.25, -0.2) is 8.42 Å². The number of sulfonamides is 1. The number of hydrogen-bond donors (Lipinski definition) is 1. The first-order valence-corrected chi connectivity index (χ1v) is 11.1. The second kappa shape index (κ2) is 8.49. The second-order valence-electron chi connectivity index (χ2n) is 6.27. The van der Waals surface area contributed by atoms with E-state index in [2.05, 4.69) is 27.9 Å². The molecule has 2 aromatic carbocycles. The van der Waals surface area contributed by atoms with Crippen LogP contribution < -0.4 is 5.32 Å². The molecule has 0 aliphatic carbocycles. The van der Waals surface area contributed by atoms with Gasteiger partial charge in [0.1, 0.15) is 0 Å². The molecular weight excluding hydrogens is 463 g/mol. The normalized spacial score (nSPS) is 15.1. The molecule has 0 bridgehead atoms. The molecule has 0 aromatic heterocycles. The first kappa shape index (κ1) is 19.3. The van der Waals surface area contributed by atoms with Gasteiger partial charge in [-0.2, -0.15) is 4.31 Å². The molecule has 0 spiro atoms. The van der Waals surface area contributed by atoms with Crippen LogP contribution in [-0.4, -0.2) is 38.3 Å². The monoisotopic (exact) mass is 484 g/mol. The minimum Gasteiger partial charge on any atom is -0.352 e. The molecule has 0 radical (unpaired) electrons. The zero-order chi connectivity index (χ0) is 18.6. The number of carbonyl (C=O) groups excluding carboxylic acids is 1. The lowest BCUT2D eigenvalue weighted by Gasteiger charge is -2.15. The third-order valence-corrected chi connectivity index (χ3v) is 7.06. The van der Waals surface area contributed by atoms with Crippen LogP contribution >= 0.6 is 22.6 Å². The van der Waals surface area contributed by atoms with Crippen LogP contribution in [0.2, 0.25) is 0 Å². The van der Waals surface area contributed by atoms with Crippen molar-refractivity contribution in [2.45, 2.75) is 24.2 Å². The topological polar surface area (TPSA) is 66.5 Å². The van der Waals surface area contributed by atoms with Crippen molar-refractivity contribution in [2.24, 2.45) is 0 Å². The Balaban J connectivity index is 1.54. The third-order valence-electron chi connectivity index (χ3n) is 4.43. The average Bonchev–Trinajstić information content (AvgIpc) is 3.18. The Bertz CT molecular complexity index is 859. The molecule has 7 heteroatoms. The van der Waals surface area contributed by atoms with E-state index in [1.807, 2.05) is 24.3 Å². The molecule has 1 heterocycles. The van der Waals surface area contributed by atoms with Gasteiger partial charge in [0, 0.05) is 28.8 Å². The van der Waals surface area contributed by atoms with Gasteiger partial charge in [0.05, 0.1) is 4.90 Å². The van der Waals surface area contributed by atoms with Crippen LogP contribution in [0.15, 0.2) is 53.4 Å². The van der Waals surface area contributed by atoms with E-state index in [0.29, 0.717) is 36.5 Å². The van der Waals surface area contributed by atoms with Crippen molar-refractivity contribution in [3.63, 3.8) is 0 Å². The summed E-state index contributed by atoms with van der Waals surface area (Å²) in [5.41, 5.74) is 1.63. The van der Waals surface area contributed by atoms with E-state index in [4.69, 9.17) is 0 Å². The maximum atomic E-state index is 12.5. The summed E-state index contributed by atoms with van der Waals surface area (Å²) in [6.07, 6.45) is 2.51. The first-order chi connectivity index (χ1) is 12.5. The highest BCUT2D eigenvalue weighted by Crippen LogP contribution is 2.21. The van der Waals surface area contributed by atoms with Crippen LogP contribution in [0.25, 0.3) is 0 Å². The SMILES string of the molecule is O=C(NCCc1ccc(S(=O)(=O)N2CCCC2)cc1)c1ccc(I)cc1. The number of nitrogens with zero attached hydrogens (tertiary/aromatic N) is 1. The third kappa shape index (κ3) is 4.63. The number of carbonyl (C=O) groups is 1. The quantitative estimate of drug-likeness (QED) is 0.642. The van der Waals surface area contributed by atoms with Crippen LogP contribution in [0.1, 0.15) is 28.8 Å². The van der Waals surface area contributed by atoms with Crippen LogP contribution in [0.4, 0.5) is 0 Å². The molecule has 5 nitrogen and oxygen atoms in total. The molecule has 0 unspecified atom stereocenters. The Hall–Kier alpha value is -1.45. The van der Waals surface area contributed by atoms with E-state index in [0.717, 1.165) is 22.0 Å². The van der Waals surface area contributed by atoms with Gasteiger partial charge >= 0.3 is 0 Å². The molecule has 1 fully saturated rings. The number of amides is 1. The van der Waals surface area contributed by atoms with Crippen molar-refractivity contribution in [1.82, 2.24) is 9.62 Å². The van der Waals surface area contributed by atoms with Crippen molar-refractivity contribution < 1.29 is 13.2 Å². The Morgan fingerprint density at radius 3 is 2.23 bits per heavy atom. The Labute approximate surface area is 168 Å². The highest BCUT2D eigenvalue weighted by molar-refractivity contribution is 14.1. The van der Waals surface area contributed by atoms with E-state index < -0.39 is 10.0 Å². The van der Waals surface area contributed by atoms with Crippen molar-refractivity contribution in [3.05, 3.63) is 63.2 Å². The lowest BCUT2D eigenvalue weighted by Crippen LogP contribution is -2.28. The lowest BCUT2D eigenvalue weighted by molar-refractivity contribution is 0.0954. The second-order valence-corrected chi connectivity index (χ2v) is 9.45. The molecule has 26 heavy (non-hydrogen) atoms. The summed E-state index contributed by atoms with van der Waals surface area (Å²) in [5, 5.41) is 2.89. The Morgan fingerprint density at radius 2 is 1.62 bits per heavy atom. The fraction of sp³-hybridized carbons (Fsp3) is 0.316. The summed E-state index contributed by atoms with van der Waals surface area (Å²) in [4.78, 5) is 12.4. The highest BCUT2D eigenvalue weighted by Gasteiger charge is 2.26. The van der Waals surface area contributed by atoms with Crippen molar-refractivity contribution in [2.75, 3.05) is 19.6 Å². The highest BCUT2D eigenvalue weighted by atomic mass is 127. The van der Waals surface area contributed by atoms with Gasteiger partial charge in [-0.05, 0) is 83.8 Å². The zero-order valence-electron chi connectivity index (χ0n) is 14.3. The van der Waals surface area contributed by atoms with E-state index in [-0.39, 0.29) is 5.91 Å². The predicted molar refractivity (Wildman–Crippen MR) is 110 cm³/mol. The largest absolute Gasteiger partial charge is 0.352 e. The zero-order valence-corrected chi connectivity index (χ0v) is 17.3. The van der Waals surface area contributed by atoms with E-state index in [9.17, 15) is 13.2 Å². The fourth-order valence-corrected chi connectivity index (χ4v) is 4.81. The number of nitrogens with one attached hydrogen (secondary N) is 1. The standard InChI is InChI=1S/C19H21IN2O3S/c20-17-7-5-16(6-8-17)19(23)21-12-11-15-3-9-18(10-4-15)26(24,25)22-13-1-2-14-22/h3-10H,1-2,11-14H2,(H,21,23). The molecule has 138 valence electrons. The van der Waals surface area contributed by atoms with Crippen LogP contribution in [0.3, 0.4) is 0 Å².